The topological polar surface area (TPSA) is 68.3 Å². The van der Waals surface area contributed by atoms with E-state index in [1.807, 2.05) is 30.3 Å². The number of amides is 1. The Bertz CT molecular complexity index is 674. The van der Waals surface area contributed by atoms with E-state index in [-0.39, 0.29) is 29.3 Å². The zero-order valence-corrected chi connectivity index (χ0v) is 14.1. The lowest BCUT2D eigenvalue weighted by Gasteiger charge is -2.18. The lowest BCUT2D eigenvalue weighted by atomic mass is 10.0. The number of hydrogen-bond donors (Lipinski definition) is 1. The molecule has 1 aromatic carbocycles. The molecule has 0 aliphatic rings. The van der Waals surface area contributed by atoms with E-state index in [4.69, 9.17) is 16.3 Å². The quantitative estimate of drug-likeness (QED) is 0.615. The second kappa shape index (κ2) is 9.03. The van der Waals surface area contributed by atoms with Gasteiger partial charge in [-0.3, -0.25) is 4.79 Å². The van der Waals surface area contributed by atoms with Crippen LogP contribution in [0.3, 0.4) is 0 Å². The number of carbonyl (C=O) groups excluding carboxylic acids is 2. The van der Waals surface area contributed by atoms with E-state index in [1.54, 1.807) is 0 Å². The minimum absolute atomic E-state index is 0.0976. The van der Waals surface area contributed by atoms with Gasteiger partial charge in [0.2, 0.25) is 0 Å². The Morgan fingerprint density at radius 3 is 2.58 bits per heavy atom. The van der Waals surface area contributed by atoms with Gasteiger partial charge in [0.15, 0.2) is 6.61 Å². The van der Waals surface area contributed by atoms with Crippen LogP contribution in [0.2, 0.25) is 5.15 Å². The predicted octanol–water partition coefficient (Wildman–Crippen LogP) is 3.55. The third kappa shape index (κ3) is 5.35. The fourth-order valence-corrected chi connectivity index (χ4v) is 2.35. The second-order valence-electron chi connectivity index (χ2n) is 5.27. The van der Waals surface area contributed by atoms with Gasteiger partial charge in [-0.1, -0.05) is 55.3 Å². The Balaban J connectivity index is 1.89. The maximum absolute atomic E-state index is 12.1. The SMILES string of the molecule is CCCC(NC(=O)COC(=O)c1ccc(Cl)nc1)c1ccccc1. The number of esters is 1. The van der Waals surface area contributed by atoms with Gasteiger partial charge in [0.05, 0.1) is 11.6 Å². The highest BCUT2D eigenvalue weighted by Gasteiger charge is 2.15. The highest BCUT2D eigenvalue weighted by molar-refractivity contribution is 6.29. The first-order valence-corrected chi connectivity index (χ1v) is 8.11. The lowest BCUT2D eigenvalue weighted by Crippen LogP contribution is -2.32. The molecule has 1 amide bonds. The van der Waals surface area contributed by atoms with Gasteiger partial charge in [-0.15, -0.1) is 0 Å². The number of benzene rings is 1. The average Bonchev–Trinajstić information content (AvgIpc) is 2.60. The monoisotopic (exact) mass is 346 g/mol. The normalized spacial score (nSPS) is 11.6. The molecule has 0 fully saturated rings. The van der Waals surface area contributed by atoms with Gasteiger partial charge in [0.25, 0.3) is 5.91 Å². The van der Waals surface area contributed by atoms with Crippen molar-refractivity contribution in [3.8, 4) is 0 Å². The minimum atomic E-state index is -0.610. The zero-order valence-electron chi connectivity index (χ0n) is 13.4. The van der Waals surface area contributed by atoms with Gasteiger partial charge in [0.1, 0.15) is 5.15 Å². The Morgan fingerprint density at radius 1 is 1.21 bits per heavy atom. The van der Waals surface area contributed by atoms with Crippen molar-refractivity contribution in [3.05, 3.63) is 64.9 Å². The van der Waals surface area contributed by atoms with E-state index in [1.165, 1.54) is 18.3 Å². The van der Waals surface area contributed by atoms with Crippen molar-refractivity contribution in [1.82, 2.24) is 10.3 Å². The van der Waals surface area contributed by atoms with Crippen LogP contribution < -0.4 is 5.32 Å². The van der Waals surface area contributed by atoms with Crippen LogP contribution in [0.5, 0.6) is 0 Å². The van der Waals surface area contributed by atoms with E-state index in [0.29, 0.717) is 0 Å². The number of aromatic nitrogens is 1. The van der Waals surface area contributed by atoms with Crippen LogP contribution in [0, 0.1) is 0 Å². The van der Waals surface area contributed by atoms with Gasteiger partial charge in [-0.2, -0.15) is 0 Å². The molecule has 1 unspecified atom stereocenters. The Kier molecular flexibility index (Phi) is 6.75. The molecule has 0 saturated carbocycles. The number of nitrogens with zero attached hydrogens (tertiary/aromatic N) is 1. The molecule has 24 heavy (non-hydrogen) atoms. The second-order valence-corrected chi connectivity index (χ2v) is 5.65. The van der Waals surface area contributed by atoms with Crippen molar-refractivity contribution in [2.45, 2.75) is 25.8 Å². The summed E-state index contributed by atoms with van der Waals surface area (Å²) in [5, 5.41) is 3.18. The van der Waals surface area contributed by atoms with Crippen LogP contribution in [0.25, 0.3) is 0 Å². The molecule has 1 aromatic heterocycles. The molecule has 0 radical (unpaired) electrons. The molecule has 6 heteroatoms. The van der Waals surface area contributed by atoms with Crippen molar-refractivity contribution < 1.29 is 14.3 Å². The minimum Gasteiger partial charge on any atom is -0.452 e. The number of ether oxygens (including phenoxy) is 1. The molecular formula is C18H19ClN2O3. The lowest BCUT2D eigenvalue weighted by molar-refractivity contribution is -0.125. The molecule has 0 aliphatic heterocycles. The van der Waals surface area contributed by atoms with E-state index in [0.717, 1.165) is 18.4 Å². The summed E-state index contributed by atoms with van der Waals surface area (Å²) in [5.41, 5.74) is 1.28. The first-order chi connectivity index (χ1) is 11.6. The molecule has 0 aliphatic carbocycles. The van der Waals surface area contributed by atoms with Gasteiger partial charge in [0, 0.05) is 6.20 Å². The first kappa shape index (κ1) is 17.9. The van der Waals surface area contributed by atoms with E-state index < -0.39 is 5.97 Å². The zero-order chi connectivity index (χ0) is 17.4. The first-order valence-electron chi connectivity index (χ1n) is 7.73. The summed E-state index contributed by atoms with van der Waals surface area (Å²) < 4.78 is 5.01. The molecular weight excluding hydrogens is 328 g/mol. The van der Waals surface area contributed by atoms with Gasteiger partial charge in [-0.25, -0.2) is 9.78 Å². The highest BCUT2D eigenvalue weighted by atomic mass is 35.5. The van der Waals surface area contributed by atoms with Gasteiger partial charge < -0.3 is 10.1 Å². The fourth-order valence-electron chi connectivity index (χ4n) is 2.24. The van der Waals surface area contributed by atoms with E-state index in [2.05, 4.69) is 17.2 Å². The summed E-state index contributed by atoms with van der Waals surface area (Å²) in [6.45, 7) is 1.71. The Hall–Kier alpha value is -2.40. The largest absolute Gasteiger partial charge is 0.452 e. The maximum Gasteiger partial charge on any atom is 0.340 e. The fraction of sp³-hybridized carbons (Fsp3) is 0.278. The molecule has 1 heterocycles. The highest BCUT2D eigenvalue weighted by Crippen LogP contribution is 2.17. The van der Waals surface area contributed by atoms with Crippen LogP contribution in [0.4, 0.5) is 0 Å². The summed E-state index contributed by atoms with van der Waals surface area (Å²) in [4.78, 5) is 27.7. The number of carbonyl (C=O) groups is 2. The van der Waals surface area contributed by atoms with E-state index in [9.17, 15) is 9.59 Å². The summed E-state index contributed by atoms with van der Waals surface area (Å²) in [6, 6.07) is 12.6. The van der Waals surface area contributed by atoms with Crippen molar-refractivity contribution in [1.29, 1.82) is 0 Å². The molecule has 1 atom stereocenters. The summed E-state index contributed by atoms with van der Waals surface area (Å²) in [6.07, 6.45) is 3.05. The van der Waals surface area contributed by atoms with Crippen molar-refractivity contribution in [3.63, 3.8) is 0 Å². The third-order valence-corrected chi connectivity index (χ3v) is 3.64. The Morgan fingerprint density at radius 2 is 1.96 bits per heavy atom. The predicted molar refractivity (Wildman–Crippen MR) is 91.8 cm³/mol. The van der Waals surface area contributed by atoms with Gasteiger partial charge in [-0.05, 0) is 24.1 Å². The summed E-state index contributed by atoms with van der Waals surface area (Å²) in [7, 11) is 0. The van der Waals surface area contributed by atoms with Crippen LogP contribution in [0.15, 0.2) is 48.7 Å². The van der Waals surface area contributed by atoms with Crippen LogP contribution >= 0.6 is 11.6 Å². The third-order valence-electron chi connectivity index (χ3n) is 3.41. The number of nitrogens with one attached hydrogen (secondary N) is 1. The number of hydrogen-bond acceptors (Lipinski definition) is 4. The molecule has 0 saturated heterocycles. The Labute approximate surface area is 146 Å². The number of pyridine rings is 1. The standard InChI is InChI=1S/C18H19ClN2O3/c1-2-6-15(13-7-4-3-5-8-13)21-17(22)12-24-18(23)14-9-10-16(19)20-11-14/h3-5,7-11,15H,2,6,12H2,1H3,(H,21,22). The molecule has 126 valence electrons. The smallest absolute Gasteiger partial charge is 0.340 e. The van der Waals surface area contributed by atoms with Crippen LogP contribution in [-0.4, -0.2) is 23.5 Å². The van der Waals surface area contributed by atoms with Gasteiger partial charge >= 0.3 is 5.97 Å². The van der Waals surface area contributed by atoms with Crippen LogP contribution in [0.1, 0.15) is 41.7 Å². The molecule has 0 spiro atoms. The van der Waals surface area contributed by atoms with Crippen molar-refractivity contribution in [2.75, 3.05) is 6.61 Å². The maximum atomic E-state index is 12.1. The molecule has 2 aromatic rings. The van der Waals surface area contributed by atoms with E-state index >= 15 is 0 Å². The number of rotatable bonds is 7. The summed E-state index contributed by atoms with van der Waals surface area (Å²) >= 11 is 5.66. The van der Waals surface area contributed by atoms with Crippen LogP contribution in [-0.2, 0) is 9.53 Å². The van der Waals surface area contributed by atoms with Crippen molar-refractivity contribution >= 4 is 23.5 Å². The molecule has 1 N–H and O–H groups in total. The molecule has 5 nitrogen and oxygen atoms in total. The molecule has 2 rings (SSSR count). The van der Waals surface area contributed by atoms with Crippen molar-refractivity contribution in [2.24, 2.45) is 0 Å². The summed E-state index contributed by atoms with van der Waals surface area (Å²) in [5.74, 6) is -0.950. The number of halogens is 1. The molecule has 0 bridgehead atoms. The average molecular weight is 347 g/mol.